The highest BCUT2D eigenvalue weighted by Gasteiger charge is 2.27. The van der Waals surface area contributed by atoms with Gasteiger partial charge in [0.15, 0.2) is 5.96 Å². The summed E-state index contributed by atoms with van der Waals surface area (Å²) in [5.41, 5.74) is 0.440. The Morgan fingerprint density at radius 3 is 2.46 bits per heavy atom. The average molecular weight is 377 g/mol. The molecule has 0 amide bonds. The SMILES string of the molecule is CN=C(NCCS(=O)(=O)N1CCSCC1)NC1CCC(C)(C)CC1. The van der Waals surface area contributed by atoms with E-state index in [2.05, 4.69) is 29.5 Å². The van der Waals surface area contributed by atoms with Crippen molar-refractivity contribution in [2.45, 2.75) is 45.6 Å². The first-order chi connectivity index (χ1) is 11.3. The standard InChI is InChI=1S/C16H32N4O2S2/c1-16(2)6-4-14(5-7-16)19-15(17-3)18-8-13-24(21,22)20-9-11-23-12-10-20/h14H,4-13H2,1-3H3,(H2,17,18,19). The third-order valence-electron chi connectivity index (χ3n) is 4.92. The zero-order chi connectivity index (χ0) is 17.6. The number of hydrogen-bond acceptors (Lipinski definition) is 4. The van der Waals surface area contributed by atoms with Gasteiger partial charge in [-0.05, 0) is 31.1 Å². The van der Waals surface area contributed by atoms with Gasteiger partial charge in [-0.2, -0.15) is 11.8 Å². The van der Waals surface area contributed by atoms with Crippen LogP contribution in [0.1, 0.15) is 39.5 Å². The van der Waals surface area contributed by atoms with Crippen LogP contribution in [-0.4, -0.2) is 68.7 Å². The molecule has 6 nitrogen and oxygen atoms in total. The van der Waals surface area contributed by atoms with Gasteiger partial charge in [0.1, 0.15) is 0 Å². The fourth-order valence-electron chi connectivity index (χ4n) is 3.18. The molecule has 0 aromatic heterocycles. The molecule has 0 atom stereocenters. The van der Waals surface area contributed by atoms with Crippen molar-refractivity contribution >= 4 is 27.7 Å². The van der Waals surface area contributed by atoms with Crippen LogP contribution in [0, 0.1) is 5.41 Å². The number of rotatable bonds is 5. The van der Waals surface area contributed by atoms with Crippen LogP contribution < -0.4 is 10.6 Å². The molecule has 1 aliphatic carbocycles. The van der Waals surface area contributed by atoms with Crippen molar-refractivity contribution in [2.24, 2.45) is 10.4 Å². The molecule has 1 heterocycles. The molecule has 0 aromatic rings. The molecule has 8 heteroatoms. The van der Waals surface area contributed by atoms with Gasteiger partial charge in [-0.25, -0.2) is 12.7 Å². The summed E-state index contributed by atoms with van der Waals surface area (Å²) in [5, 5.41) is 6.60. The Morgan fingerprint density at radius 2 is 1.88 bits per heavy atom. The molecule has 0 radical (unpaired) electrons. The fraction of sp³-hybridized carbons (Fsp3) is 0.938. The molecule has 0 aromatic carbocycles. The van der Waals surface area contributed by atoms with Crippen molar-refractivity contribution in [1.82, 2.24) is 14.9 Å². The van der Waals surface area contributed by atoms with E-state index in [1.165, 1.54) is 12.8 Å². The van der Waals surface area contributed by atoms with Gasteiger partial charge in [-0.3, -0.25) is 4.99 Å². The van der Waals surface area contributed by atoms with Crippen molar-refractivity contribution in [1.29, 1.82) is 0 Å². The van der Waals surface area contributed by atoms with E-state index in [1.54, 1.807) is 11.4 Å². The van der Waals surface area contributed by atoms with Gasteiger partial charge in [-0.1, -0.05) is 13.8 Å². The molecule has 24 heavy (non-hydrogen) atoms. The predicted molar refractivity (Wildman–Crippen MR) is 103 cm³/mol. The van der Waals surface area contributed by atoms with E-state index in [4.69, 9.17) is 0 Å². The van der Waals surface area contributed by atoms with Crippen molar-refractivity contribution in [3.05, 3.63) is 0 Å². The maximum absolute atomic E-state index is 12.3. The molecule has 2 rings (SSSR count). The van der Waals surface area contributed by atoms with E-state index in [0.717, 1.165) is 24.3 Å². The lowest BCUT2D eigenvalue weighted by molar-refractivity contribution is 0.216. The lowest BCUT2D eigenvalue weighted by Gasteiger charge is -2.35. The Bertz CT molecular complexity index is 518. The summed E-state index contributed by atoms with van der Waals surface area (Å²) >= 11 is 1.82. The van der Waals surface area contributed by atoms with Crippen LogP contribution in [0.25, 0.3) is 0 Å². The molecule has 2 N–H and O–H groups in total. The summed E-state index contributed by atoms with van der Waals surface area (Å²) in [6, 6.07) is 0.431. The molecule has 0 unspecified atom stereocenters. The van der Waals surface area contributed by atoms with Crippen LogP contribution >= 0.6 is 11.8 Å². The molecule has 140 valence electrons. The maximum atomic E-state index is 12.3. The third kappa shape index (κ3) is 6.11. The predicted octanol–water partition coefficient (Wildman–Crippen LogP) is 1.50. The van der Waals surface area contributed by atoms with E-state index in [9.17, 15) is 8.42 Å². The number of nitrogens with zero attached hydrogens (tertiary/aromatic N) is 2. The van der Waals surface area contributed by atoms with Gasteiger partial charge in [0, 0.05) is 44.2 Å². The van der Waals surface area contributed by atoms with Gasteiger partial charge in [0.2, 0.25) is 10.0 Å². The normalized spacial score (nSPS) is 23.9. The summed E-state index contributed by atoms with van der Waals surface area (Å²) in [6.45, 7) is 6.31. The van der Waals surface area contributed by atoms with Crippen LogP contribution in [0.2, 0.25) is 0 Å². The summed E-state index contributed by atoms with van der Waals surface area (Å²) < 4.78 is 26.3. The Balaban J connectivity index is 1.73. The number of thioether (sulfide) groups is 1. The Kier molecular flexibility index (Phi) is 7.24. The molecular formula is C16H32N4O2S2. The summed E-state index contributed by atoms with van der Waals surface area (Å²) in [5.74, 6) is 2.63. The lowest BCUT2D eigenvalue weighted by atomic mass is 9.75. The second kappa shape index (κ2) is 8.76. The highest BCUT2D eigenvalue weighted by molar-refractivity contribution is 7.99. The first kappa shape index (κ1) is 19.8. The monoisotopic (exact) mass is 376 g/mol. The van der Waals surface area contributed by atoms with Crippen LogP contribution in [0.4, 0.5) is 0 Å². The lowest BCUT2D eigenvalue weighted by Crippen LogP contribution is -2.47. The second-order valence-electron chi connectivity index (χ2n) is 7.41. The van der Waals surface area contributed by atoms with Crippen LogP contribution in [0.15, 0.2) is 4.99 Å². The second-order valence-corrected chi connectivity index (χ2v) is 10.7. The van der Waals surface area contributed by atoms with Crippen molar-refractivity contribution < 1.29 is 8.42 Å². The molecule has 2 aliphatic rings. The average Bonchev–Trinajstić information content (AvgIpc) is 2.56. The van der Waals surface area contributed by atoms with Gasteiger partial charge >= 0.3 is 0 Å². The summed E-state index contributed by atoms with van der Waals surface area (Å²) in [7, 11) is -1.43. The van der Waals surface area contributed by atoms with Gasteiger partial charge in [-0.15, -0.1) is 0 Å². The largest absolute Gasteiger partial charge is 0.355 e. The van der Waals surface area contributed by atoms with E-state index < -0.39 is 10.0 Å². The van der Waals surface area contributed by atoms with Crippen molar-refractivity contribution in [2.75, 3.05) is 43.9 Å². The number of nitrogens with one attached hydrogen (secondary N) is 2. The quantitative estimate of drug-likeness (QED) is 0.562. The Hall–Kier alpha value is -0.470. The highest BCUT2D eigenvalue weighted by atomic mass is 32.2. The topological polar surface area (TPSA) is 73.8 Å². The van der Waals surface area contributed by atoms with E-state index >= 15 is 0 Å². The first-order valence-corrected chi connectivity index (χ1v) is 11.6. The molecule has 1 saturated carbocycles. The zero-order valence-corrected chi connectivity index (χ0v) is 16.8. The van der Waals surface area contributed by atoms with Crippen LogP contribution in [0.5, 0.6) is 0 Å². The van der Waals surface area contributed by atoms with Crippen LogP contribution in [0.3, 0.4) is 0 Å². The molecule has 1 saturated heterocycles. The highest BCUT2D eigenvalue weighted by Crippen LogP contribution is 2.34. The summed E-state index contributed by atoms with van der Waals surface area (Å²) in [4.78, 5) is 4.23. The fourth-order valence-corrected chi connectivity index (χ4v) is 5.68. The van der Waals surface area contributed by atoms with Crippen molar-refractivity contribution in [3.63, 3.8) is 0 Å². The molecule has 0 bridgehead atoms. The van der Waals surface area contributed by atoms with Gasteiger partial charge < -0.3 is 10.6 Å². The first-order valence-electron chi connectivity index (χ1n) is 8.85. The minimum atomic E-state index is -3.16. The van der Waals surface area contributed by atoms with Gasteiger partial charge in [0.05, 0.1) is 5.75 Å². The van der Waals surface area contributed by atoms with Gasteiger partial charge in [0.25, 0.3) is 0 Å². The van der Waals surface area contributed by atoms with Crippen molar-refractivity contribution in [3.8, 4) is 0 Å². The molecule has 2 fully saturated rings. The minimum absolute atomic E-state index is 0.121. The number of hydrogen-bond donors (Lipinski definition) is 2. The minimum Gasteiger partial charge on any atom is -0.355 e. The van der Waals surface area contributed by atoms with E-state index in [0.29, 0.717) is 37.1 Å². The Morgan fingerprint density at radius 1 is 1.25 bits per heavy atom. The van der Waals surface area contributed by atoms with E-state index in [1.807, 2.05) is 11.8 Å². The number of guanidine groups is 1. The third-order valence-corrected chi connectivity index (χ3v) is 7.73. The molecule has 0 spiro atoms. The number of aliphatic imine (C=N–C) groups is 1. The summed E-state index contributed by atoms with van der Waals surface area (Å²) in [6.07, 6.45) is 4.70. The maximum Gasteiger partial charge on any atom is 0.215 e. The van der Waals surface area contributed by atoms with E-state index in [-0.39, 0.29) is 5.75 Å². The smallest absolute Gasteiger partial charge is 0.215 e. The Labute approximate surface area is 151 Å². The zero-order valence-electron chi connectivity index (χ0n) is 15.2. The number of sulfonamides is 1. The van der Waals surface area contributed by atoms with Crippen LogP contribution in [-0.2, 0) is 10.0 Å². The molecule has 1 aliphatic heterocycles. The molecular weight excluding hydrogens is 344 g/mol.